The maximum absolute atomic E-state index is 11.7. The van der Waals surface area contributed by atoms with Crippen molar-refractivity contribution in [1.29, 1.82) is 0 Å². The van der Waals surface area contributed by atoms with E-state index in [-0.39, 0.29) is 6.03 Å². The van der Waals surface area contributed by atoms with E-state index in [2.05, 4.69) is 25.9 Å². The van der Waals surface area contributed by atoms with E-state index in [0.29, 0.717) is 33.2 Å². The molecular weight excluding hydrogens is 339 g/mol. The molecule has 0 radical (unpaired) electrons. The molecule has 0 atom stereocenters. The van der Waals surface area contributed by atoms with Gasteiger partial charge in [-0.1, -0.05) is 23.2 Å². The van der Waals surface area contributed by atoms with Gasteiger partial charge in [0, 0.05) is 26.8 Å². The zero-order chi connectivity index (χ0) is 17.0. The van der Waals surface area contributed by atoms with Gasteiger partial charge in [0.05, 0.1) is 16.2 Å². The Morgan fingerprint density at radius 3 is 2.57 bits per heavy atom. The molecule has 0 saturated heterocycles. The number of halogens is 2. The molecule has 1 aromatic heterocycles. The number of rotatable bonds is 4. The normalized spacial score (nSPS) is 10.1. The van der Waals surface area contributed by atoms with Gasteiger partial charge >= 0.3 is 6.03 Å². The van der Waals surface area contributed by atoms with E-state index in [1.807, 2.05) is 0 Å². The number of nitrogens with zero attached hydrogens (tertiary/aromatic N) is 3. The number of carbonyl (C=O) groups is 1. The summed E-state index contributed by atoms with van der Waals surface area (Å²) in [5, 5.41) is 9.54. The Morgan fingerprint density at radius 2 is 1.96 bits per heavy atom. The summed E-state index contributed by atoms with van der Waals surface area (Å²) in [7, 11) is 5.00. The maximum atomic E-state index is 11.7. The molecule has 0 aliphatic carbocycles. The summed E-state index contributed by atoms with van der Waals surface area (Å²) in [4.78, 5) is 21.6. The maximum Gasteiger partial charge on any atom is 0.321 e. The lowest BCUT2D eigenvalue weighted by atomic mass is 10.3. The van der Waals surface area contributed by atoms with Crippen LogP contribution in [0.1, 0.15) is 0 Å². The van der Waals surface area contributed by atoms with Gasteiger partial charge in [0.25, 0.3) is 0 Å². The minimum atomic E-state index is -0.268. The summed E-state index contributed by atoms with van der Waals surface area (Å²) in [6.45, 7) is 0. The second-order valence-corrected chi connectivity index (χ2v) is 5.60. The van der Waals surface area contributed by atoms with E-state index in [0.717, 1.165) is 0 Å². The fourth-order valence-electron chi connectivity index (χ4n) is 1.65. The van der Waals surface area contributed by atoms with Crippen LogP contribution in [-0.2, 0) is 0 Å². The summed E-state index contributed by atoms with van der Waals surface area (Å²) in [5.41, 5.74) is 1.18. The van der Waals surface area contributed by atoms with Gasteiger partial charge in [-0.25, -0.2) is 9.78 Å². The molecule has 0 unspecified atom stereocenters. The average Bonchev–Trinajstić information content (AvgIpc) is 2.52. The molecule has 9 heteroatoms. The van der Waals surface area contributed by atoms with Gasteiger partial charge in [-0.2, -0.15) is 4.98 Å². The number of hydrogen-bond donors (Lipinski definition) is 3. The summed E-state index contributed by atoms with van der Waals surface area (Å²) in [5.74, 6) is 0.841. The van der Waals surface area contributed by atoms with Crippen molar-refractivity contribution in [2.24, 2.45) is 0 Å². The highest BCUT2D eigenvalue weighted by atomic mass is 35.5. The first-order chi connectivity index (χ1) is 10.9. The Bertz CT molecular complexity index is 722. The van der Waals surface area contributed by atoms with Crippen LogP contribution >= 0.6 is 23.2 Å². The molecule has 0 bridgehead atoms. The molecule has 1 heterocycles. The summed E-state index contributed by atoms with van der Waals surface area (Å²) < 4.78 is 0. The van der Waals surface area contributed by atoms with E-state index in [1.54, 1.807) is 39.3 Å². The van der Waals surface area contributed by atoms with Crippen molar-refractivity contribution in [2.45, 2.75) is 0 Å². The minimum Gasteiger partial charge on any atom is -0.371 e. The third-order valence-electron chi connectivity index (χ3n) is 2.85. The van der Waals surface area contributed by atoms with Crippen LogP contribution in [0.3, 0.4) is 0 Å². The summed E-state index contributed by atoms with van der Waals surface area (Å²) in [6, 6.07) is 4.85. The fraction of sp³-hybridized carbons (Fsp3) is 0.214. The lowest BCUT2D eigenvalue weighted by molar-refractivity contribution is 0.230. The van der Waals surface area contributed by atoms with Crippen LogP contribution in [0.4, 0.5) is 27.9 Å². The standard InChI is InChI=1S/C14H16Cl2N6O/c1-17-12-11(20-14(23)22(2)3)7-18-13(21-12)19-8-4-5-9(15)10(16)6-8/h4-7H,1-3H3,(H,20,23)(H2,17,18,19,21). The average molecular weight is 355 g/mol. The predicted molar refractivity (Wildman–Crippen MR) is 94.0 cm³/mol. The Hall–Kier alpha value is -2.25. The molecule has 0 fully saturated rings. The number of benzene rings is 1. The first-order valence-corrected chi connectivity index (χ1v) is 7.41. The lowest BCUT2D eigenvalue weighted by Gasteiger charge is -2.15. The Balaban J connectivity index is 2.21. The van der Waals surface area contributed by atoms with E-state index in [4.69, 9.17) is 23.2 Å². The highest BCUT2D eigenvalue weighted by Gasteiger charge is 2.11. The second kappa shape index (κ2) is 7.34. The number of carbonyl (C=O) groups excluding carboxylic acids is 1. The lowest BCUT2D eigenvalue weighted by Crippen LogP contribution is -2.27. The van der Waals surface area contributed by atoms with Crippen LogP contribution in [0.2, 0.25) is 10.0 Å². The third kappa shape index (κ3) is 4.37. The van der Waals surface area contributed by atoms with Crippen molar-refractivity contribution in [3.05, 3.63) is 34.4 Å². The van der Waals surface area contributed by atoms with Crippen molar-refractivity contribution in [1.82, 2.24) is 14.9 Å². The molecule has 122 valence electrons. The van der Waals surface area contributed by atoms with Gasteiger partial charge in [0.1, 0.15) is 5.69 Å². The Kier molecular flexibility index (Phi) is 5.46. The van der Waals surface area contributed by atoms with Gasteiger partial charge in [0.2, 0.25) is 5.95 Å². The molecule has 0 aliphatic rings. The number of anilines is 4. The van der Waals surface area contributed by atoms with Crippen molar-refractivity contribution in [3.63, 3.8) is 0 Å². The van der Waals surface area contributed by atoms with Crippen molar-refractivity contribution < 1.29 is 4.79 Å². The van der Waals surface area contributed by atoms with Crippen LogP contribution in [-0.4, -0.2) is 42.0 Å². The molecule has 2 rings (SSSR count). The third-order valence-corrected chi connectivity index (χ3v) is 3.59. The van der Waals surface area contributed by atoms with Gasteiger partial charge in [0.15, 0.2) is 5.82 Å². The number of aromatic nitrogens is 2. The zero-order valence-electron chi connectivity index (χ0n) is 12.8. The second-order valence-electron chi connectivity index (χ2n) is 4.78. The highest BCUT2D eigenvalue weighted by molar-refractivity contribution is 6.42. The van der Waals surface area contributed by atoms with Crippen molar-refractivity contribution in [2.75, 3.05) is 37.1 Å². The van der Waals surface area contributed by atoms with Crippen LogP contribution in [0, 0.1) is 0 Å². The number of hydrogen-bond acceptors (Lipinski definition) is 5. The molecule has 0 saturated carbocycles. The first kappa shape index (κ1) is 17.1. The van der Waals surface area contributed by atoms with Crippen molar-refractivity contribution in [3.8, 4) is 0 Å². The summed E-state index contributed by atoms with van der Waals surface area (Å²) in [6.07, 6.45) is 1.51. The molecule has 2 aromatic rings. The van der Waals surface area contributed by atoms with Gasteiger partial charge in [-0.3, -0.25) is 0 Å². The molecule has 1 aromatic carbocycles. The monoisotopic (exact) mass is 354 g/mol. The molecule has 0 aliphatic heterocycles. The Labute approximate surface area is 144 Å². The van der Waals surface area contributed by atoms with Crippen LogP contribution in [0.15, 0.2) is 24.4 Å². The molecule has 0 spiro atoms. The molecule has 23 heavy (non-hydrogen) atoms. The number of nitrogens with one attached hydrogen (secondary N) is 3. The summed E-state index contributed by atoms with van der Waals surface area (Å²) >= 11 is 11.9. The van der Waals surface area contributed by atoms with Crippen molar-refractivity contribution >= 4 is 52.4 Å². The van der Waals surface area contributed by atoms with E-state index in [1.165, 1.54) is 11.1 Å². The zero-order valence-corrected chi connectivity index (χ0v) is 14.3. The van der Waals surface area contributed by atoms with E-state index < -0.39 is 0 Å². The van der Waals surface area contributed by atoms with Crippen LogP contribution < -0.4 is 16.0 Å². The highest BCUT2D eigenvalue weighted by Crippen LogP contribution is 2.27. The van der Waals surface area contributed by atoms with Gasteiger partial charge in [-0.15, -0.1) is 0 Å². The van der Waals surface area contributed by atoms with Gasteiger partial charge in [-0.05, 0) is 18.2 Å². The van der Waals surface area contributed by atoms with E-state index in [9.17, 15) is 4.79 Å². The smallest absolute Gasteiger partial charge is 0.321 e. The molecular formula is C14H16Cl2N6O. The topological polar surface area (TPSA) is 82.2 Å². The van der Waals surface area contributed by atoms with Crippen LogP contribution in [0.25, 0.3) is 0 Å². The Morgan fingerprint density at radius 1 is 1.22 bits per heavy atom. The molecule has 2 amide bonds. The fourth-order valence-corrected chi connectivity index (χ4v) is 1.95. The first-order valence-electron chi connectivity index (χ1n) is 6.66. The van der Waals surface area contributed by atoms with Gasteiger partial charge < -0.3 is 20.9 Å². The number of amides is 2. The largest absolute Gasteiger partial charge is 0.371 e. The molecule has 7 nitrogen and oxygen atoms in total. The van der Waals surface area contributed by atoms with E-state index >= 15 is 0 Å². The number of urea groups is 1. The minimum absolute atomic E-state index is 0.268. The predicted octanol–water partition coefficient (Wildman–Crippen LogP) is 3.66. The van der Waals surface area contributed by atoms with Crippen LogP contribution in [0.5, 0.6) is 0 Å². The molecule has 3 N–H and O–H groups in total. The SMILES string of the molecule is CNc1nc(Nc2ccc(Cl)c(Cl)c2)ncc1NC(=O)N(C)C. The quantitative estimate of drug-likeness (QED) is 0.780.